The summed E-state index contributed by atoms with van der Waals surface area (Å²) < 4.78 is 0.957. The summed E-state index contributed by atoms with van der Waals surface area (Å²) in [6.45, 7) is 2.33. The first-order valence-corrected chi connectivity index (χ1v) is 5.55. The van der Waals surface area contributed by atoms with Crippen LogP contribution in [0.15, 0.2) is 15.2 Å². The van der Waals surface area contributed by atoms with Gasteiger partial charge in [0.1, 0.15) is 0 Å². The molecule has 1 aromatic rings. The molecule has 0 aliphatic heterocycles. The molecule has 0 bridgehead atoms. The molecular formula is C8H12BrClN2OS. The van der Waals surface area contributed by atoms with E-state index in [1.54, 1.807) is 6.07 Å². The largest absolute Gasteiger partial charge is 0.348 e. The summed E-state index contributed by atoms with van der Waals surface area (Å²) in [4.78, 5) is 11.4. The molecule has 3 nitrogen and oxygen atoms in total. The highest BCUT2D eigenvalue weighted by atomic mass is 79.9. The van der Waals surface area contributed by atoms with Crippen molar-refractivity contribution in [3.8, 4) is 0 Å². The molecule has 1 aromatic heterocycles. The summed E-state index contributed by atoms with van der Waals surface area (Å²) in [6, 6.07) is 1.81. The Hall–Kier alpha value is -0.100. The molecule has 1 amide bonds. The van der Waals surface area contributed by atoms with Crippen LogP contribution in [0.25, 0.3) is 0 Å². The minimum atomic E-state index is -0.0695. The van der Waals surface area contributed by atoms with Crippen LogP contribution in [0.5, 0.6) is 0 Å². The summed E-state index contributed by atoms with van der Waals surface area (Å²) in [6.07, 6.45) is 0. The second-order valence-corrected chi connectivity index (χ2v) is 5.04. The molecule has 80 valence electrons. The van der Waals surface area contributed by atoms with Gasteiger partial charge in [0.2, 0.25) is 0 Å². The molecule has 0 saturated heterocycles. The van der Waals surface area contributed by atoms with Gasteiger partial charge in [-0.05, 0) is 28.9 Å². The molecule has 6 heteroatoms. The number of nitrogens with two attached hydrogens (primary N) is 1. The van der Waals surface area contributed by atoms with Gasteiger partial charge >= 0.3 is 0 Å². The van der Waals surface area contributed by atoms with Crippen molar-refractivity contribution in [3.63, 3.8) is 0 Å². The summed E-state index contributed by atoms with van der Waals surface area (Å²) in [7, 11) is 0. The number of rotatable bonds is 3. The molecule has 14 heavy (non-hydrogen) atoms. The molecular weight excluding hydrogens is 288 g/mol. The Morgan fingerprint density at radius 3 is 2.86 bits per heavy atom. The van der Waals surface area contributed by atoms with Crippen LogP contribution in [-0.2, 0) is 0 Å². The number of hydrogen-bond acceptors (Lipinski definition) is 3. The van der Waals surface area contributed by atoms with Crippen LogP contribution in [0.3, 0.4) is 0 Å². The predicted octanol–water partition coefficient (Wildman–Crippen LogP) is 2.01. The quantitative estimate of drug-likeness (QED) is 0.897. The lowest BCUT2D eigenvalue weighted by atomic mass is 10.3. The van der Waals surface area contributed by atoms with E-state index in [1.807, 2.05) is 12.3 Å². The van der Waals surface area contributed by atoms with Crippen LogP contribution >= 0.6 is 39.7 Å². The number of halogens is 2. The van der Waals surface area contributed by atoms with E-state index < -0.39 is 0 Å². The summed E-state index contributed by atoms with van der Waals surface area (Å²) in [5, 5.41) is 4.59. The van der Waals surface area contributed by atoms with Gasteiger partial charge in [0, 0.05) is 18.0 Å². The SMILES string of the molecule is C[C@H](CN)NC(=O)c1csc(Br)c1.Cl. The molecule has 3 N–H and O–H groups in total. The second kappa shape index (κ2) is 6.40. The maximum atomic E-state index is 11.4. The highest BCUT2D eigenvalue weighted by molar-refractivity contribution is 9.11. The van der Waals surface area contributed by atoms with Crippen LogP contribution < -0.4 is 11.1 Å². The third-order valence-electron chi connectivity index (χ3n) is 1.56. The van der Waals surface area contributed by atoms with Gasteiger partial charge in [-0.1, -0.05) is 0 Å². The maximum absolute atomic E-state index is 11.4. The average molecular weight is 300 g/mol. The van der Waals surface area contributed by atoms with Crippen molar-refractivity contribution in [2.24, 2.45) is 5.73 Å². The molecule has 0 aliphatic carbocycles. The molecule has 1 heterocycles. The highest BCUT2D eigenvalue weighted by Crippen LogP contribution is 2.20. The van der Waals surface area contributed by atoms with Gasteiger partial charge in [-0.2, -0.15) is 0 Å². The van der Waals surface area contributed by atoms with Gasteiger partial charge in [-0.3, -0.25) is 4.79 Å². The monoisotopic (exact) mass is 298 g/mol. The lowest BCUT2D eigenvalue weighted by Gasteiger charge is -2.09. The zero-order valence-electron chi connectivity index (χ0n) is 7.62. The number of amides is 1. The fourth-order valence-corrected chi connectivity index (χ4v) is 1.93. The van der Waals surface area contributed by atoms with Crippen LogP contribution in [0.4, 0.5) is 0 Å². The number of nitrogens with one attached hydrogen (secondary N) is 1. The first-order chi connectivity index (χ1) is 6.13. The predicted molar refractivity (Wildman–Crippen MR) is 65.2 cm³/mol. The zero-order chi connectivity index (χ0) is 9.84. The van der Waals surface area contributed by atoms with Gasteiger partial charge < -0.3 is 11.1 Å². The topological polar surface area (TPSA) is 55.1 Å². The smallest absolute Gasteiger partial charge is 0.252 e. The standard InChI is InChI=1S/C8H11BrN2OS.ClH/c1-5(3-10)11-8(12)6-2-7(9)13-4-6;/h2,4-5H,3,10H2,1H3,(H,11,12);1H/t5-;/m1./s1. The van der Waals surface area contributed by atoms with Gasteiger partial charge in [0.05, 0.1) is 9.35 Å². The Labute approximate surface area is 102 Å². The van der Waals surface area contributed by atoms with Gasteiger partial charge in [-0.15, -0.1) is 23.7 Å². The van der Waals surface area contributed by atoms with Crippen molar-refractivity contribution >= 4 is 45.6 Å². The normalized spacial score (nSPS) is 11.6. The molecule has 0 fully saturated rings. The minimum absolute atomic E-state index is 0. The Kier molecular flexibility index (Phi) is 6.35. The lowest BCUT2D eigenvalue weighted by Crippen LogP contribution is -2.37. The Morgan fingerprint density at radius 2 is 2.43 bits per heavy atom. The van der Waals surface area contributed by atoms with Gasteiger partial charge in [0.15, 0.2) is 0 Å². The van der Waals surface area contributed by atoms with E-state index in [2.05, 4.69) is 21.2 Å². The molecule has 1 rings (SSSR count). The summed E-state index contributed by atoms with van der Waals surface area (Å²) in [5.74, 6) is -0.0695. The molecule has 0 unspecified atom stereocenters. The number of carbonyl (C=O) groups is 1. The Morgan fingerprint density at radius 1 is 1.79 bits per heavy atom. The minimum Gasteiger partial charge on any atom is -0.348 e. The van der Waals surface area contributed by atoms with Crippen molar-refractivity contribution < 1.29 is 4.79 Å². The van der Waals surface area contributed by atoms with E-state index in [9.17, 15) is 4.79 Å². The summed E-state index contributed by atoms with van der Waals surface area (Å²) >= 11 is 4.79. The van der Waals surface area contributed by atoms with E-state index in [0.29, 0.717) is 12.1 Å². The van der Waals surface area contributed by atoms with Crippen LogP contribution in [0.1, 0.15) is 17.3 Å². The second-order valence-electron chi connectivity index (χ2n) is 2.75. The van der Waals surface area contributed by atoms with E-state index in [1.165, 1.54) is 11.3 Å². The zero-order valence-corrected chi connectivity index (χ0v) is 10.8. The van der Waals surface area contributed by atoms with E-state index in [4.69, 9.17) is 5.73 Å². The van der Waals surface area contributed by atoms with Crippen molar-refractivity contribution in [1.82, 2.24) is 5.32 Å². The van der Waals surface area contributed by atoms with Crippen molar-refractivity contribution in [2.45, 2.75) is 13.0 Å². The van der Waals surface area contributed by atoms with Crippen molar-refractivity contribution in [3.05, 3.63) is 20.8 Å². The van der Waals surface area contributed by atoms with E-state index >= 15 is 0 Å². The average Bonchev–Trinajstić information content (AvgIpc) is 2.51. The molecule has 0 aliphatic rings. The Bertz CT molecular complexity index is 305. The molecule has 0 aromatic carbocycles. The number of hydrogen-bond donors (Lipinski definition) is 2. The third kappa shape index (κ3) is 3.96. The first kappa shape index (κ1) is 13.9. The molecule has 0 radical (unpaired) electrons. The van der Waals surface area contributed by atoms with Gasteiger partial charge in [-0.25, -0.2) is 0 Å². The van der Waals surface area contributed by atoms with Crippen LogP contribution in [-0.4, -0.2) is 18.5 Å². The van der Waals surface area contributed by atoms with Crippen molar-refractivity contribution in [2.75, 3.05) is 6.54 Å². The fourth-order valence-electron chi connectivity index (χ4n) is 0.795. The summed E-state index contributed by atoms with van der Waals surface area (Å²) in [5.41, 5.74) is 6.06. The van der Waals surface area contributed by atoms with E-state index in [0.717, 1.165) is 3.79 Å². The van der Waals surface area contributed by atoms with Crippen molar-refractivity contribution in [1.29, 1.82) is 0 Å². The highest BCUT2D eigenvalue weighted by Gasteiger charge is 2.09. The maximum Gasteiger partial charge on any atom is 0.252 e. The fraction of sp³-hybridized carbons (Fsp3) is 0.375. The molecule has 0 saturated carbocycles. The molecule has 1 atom stereocenters. The molecule has 0 spiro atoms. The first-order valence-electron chi connectivity index (χ1n) is 3.88. The van der Waals surface area contributed by atoms with Crippen LogP contribution in [0.2, 0.25) is 0 Å². The Balaban J connectivity index is 0.00000169. The number of thiophene rings is 1. The van der Waals surface area contributed by atoms with Crippen LogP contribution in [0, 0.1) is 0 Å². The van der Waals surface area contributed by atoms with Gasteiger partial charge in [0.25, 0.3) is 5.91 Å². The van der Waals surface area contributed by atoms with E-state index in [-0.39, 0.29) is 24.4 Å². The lowest BCUT2D eigenvalue weighted by molar-refractivity contribution is 0.0941. The number of carbonyl (C=O) groups excluding carboxylic acids is 1. The third-order valence-corrected chi connectivity index (χ3v) is 3.07.